The van der Waals surface area contributed by atoms with E-state index in [1.165, 1.54) is 44.1 Å². The third kappa shape index (κ3) is 8.08. The van der Waals surface area contributed by atoms with Crippen molar-refractivity contribution in [1.82, 2.24) is 4.90 Å². The highest BCUT2D eigenvalue weighted by Gasteiger charge is 2.08. The fourth-order valence-corrected chi connectivity index (χ4v) is 2.04. The Labute approximate surface area is 111 Å². The molecule has 6 heteroatoms. The highest BCUT2D eigenvalue weighted by molar-refractivity contribution is 8.93. The van der Waals surface area contributed by atoms with Crippen LogP contribution in [0, 0.1) is 5.41 Å². The molecule has 1 aliphatic heterocycles. The van der Waals surface area contributed by atoms with Crippen LogP contribution in [0.4, 0.5) is 0 Å². The van der Waals surface area contributed by atoms with Crippen molar-refractivity contribution in [3.05, 3.63) is 0 Å². The first kappa shape index (κ1) is 17.1. The SMILES string of the molecule is Br.Br.N=C(N)SCCN1CCCCC1. The summed E-state index contributed by atoms with van der Waals surface area (Å²) >= 11 is 1.44. The lowest BCUT2D eigenvalue weighted by atomic mass is 10.1. The van der Waals surface area contributed by atoms with E-state index in [0.717, 1.165) is 12.3 Å². The van der Waals surface area contributed by atoms with Gasteiger partial charge in [-0.1, -0.05) is 18.2 Å². The second-order valence-corrected chi connectivity index (χ2v) is 4.25. The molecule has 0 aromatic heterocycles. The summed E-state index contributed by atoms with van der Waals surface area (Å²) in [6.07, 6.45) is 4.06. The van der Waals surface area contributed by atoms with Gasteiger partial charge >= 0.3 is 0 Å². The number of likely N-dealkylation sites (tertiary alicyclic amines) is 1. The monoisotopic (exact) mass is 347 g/mol. The topological polar surface area (TPSA) is 53.1 Å². The fraction of sp³-hybridized carbons (Fsp3) is 0.875. The van der Waals surface area contributed by atoms with E-state index in [-0.39, 0.29) is 39.1 Å². The lowest BCUT2D eigenvalue weighted by Gasteiger charge is -2.25. The van der Waals surface area contributed by atoms with E-state index in [0.29, 0.717) is 0 Å². The van der Waals surface area contributed by atoms with Crippen molar-refractivity contribution in [1.29, 1.82) is 5.41 Å². The fourth-order valence-electron chi connectivity index (χ4n) is 1.47. The zero-order valence-corrected chi connectivity index (χ0v) is 12.4. The number of nitrogens with zero attached hydrogens (tertiary/aromatic N) is 1. The third-order valence-corrected chi connectivity index (χ3v) is 2.81. The second kappa shape index (κ2) is 10.3. The standard InChI is InChI=1S/C8H17N3S.2BrH/c9-8(10)12-7-6-11-4-2-1-3-5-11;;/h1-7H2,(H3,9,10);2*1H. The minimum absolute atomic E-state index is 0. The van der Waals surface area contributed by atoms with Crippen molar-refractivity contribution >= 4 is 50.9 Å². The summed E-state index contributed by atoms with van der Waals surface area (Å²) in [5, 5.41) is 7.28. The largest absolute Gasteiger partial charge is 0.379 e. The molecule has 1 saturated heterocycles. The predicted molar refractivity (Wildman–Crippen MR) is 75.3 cm³/mol. The molecule has 0 amide bonds. The molecule has 0 aromatic carbocycles. The number of nitrogens with two attached hydrogens (primary N) is 1. The average Bonchev–Trinajstić information content (AvgIpc) is 2.05. The highest BCUT2D eigenvalue weighted by atomic mass is 79.9. The number of thioether (sulfide) groups is 1. The molecule has 0 saturated carbocycles. The Bertz CT molecular complexity index is 152. The van der Waals surface area contributed by atoms with Gasteiger partial charge in [0.15, 0.2) is 5.17 Å². The van der Waals surface area contributed by atoms with Crippen LogP contribution in [-0.2, 0) is 0 Å². The molecule has 86 valence electrons. The van der Waals surface area contributed by atoms with E-state index in [1.807, 2.05) is 0 Å². The Hall–Kier alpha value is 0.740. The van der Waals surface area contributed by atoms with Gasteiger partial charge in [0.2, 0.25) is 0 Å². The van der Waals surface area contributed by atoms with Crippen LogP contribution < -0.4 is 5.73 Å². The summed E-state index contributed by atoms with van der Waals surface area (Å²) in [6, 6.07) is 0. The van der Waals surface area contributed by atoms with Crippen LogP contribution in [0.2, 0.25) is 0 Å². The number of amidine groups is 1. The highest BCUT2D eigenvalue weighted by Crippen LogP contribution is 2.09. The molecule has 1 aliphatic rings. The van der Waals surface area contributed by atoms with Gasteiger partial charge in [-0.25, -0.2) is 0 Å². The van der Waals surface area contributed by atoms with Crippen LogP contribution >= 0.6 is 45.7 Å². The third-order valence-electron chi connectivity index (χ3n) is 2.11. The minimum atomic E-state index is 0. The lowest BCUT2D eigenvalue weighted by Crippen LogP contribution is -2.32. The first-order chi connectivity index (χ1) is 5.79. The van der Waals surface area contributed by atoms with Gasteiger partial charge in [0, 0.05) is 12.3 Å². The molecule has 3 N–H and O–H groups in total. The Morgan fingerprint density at radius 1 is 1.21 bits per heavy atom. The van der Waals surface area contributed by atoms with Crippen LogP contribution in [-0.4, -0.2) is 35.5 Å². The molecule has 0 bridgehead atoms. The maximum atomic E-state index is 7.03. The molecule has 0 radical (unpaired) electrons. The molecule has 0 atom stereocenters. The van der Waals surface area contributed by atoms with Gasteiger partial charge in [0.05, 0.1) is 0 Å². The summed E-state index contributed by atoms with van der Waals surface area (Å²) in [7, 11) is 0. The molecule has 1 fully saturated rings. The van der Waals surface area contributed by atoms with E-state index in [4.69, 9.17) is 11.1 Å². The minimum Gasteiger partial charge on any atom is -0.379 e. The molecule has 0 aliphatic carbocycles. The van der Waals surface area contributed by atoms with Gasteiger partial charge in [-0.3, -0.25) is 5.41 Å². The number of halogens is 2. The Morgan fingerprint density at radius 3 is 2.29 bits per heavy atom. The van der Waals surface area contributed by atoms with E-state index < -0.39 is 0 Å². The summed E-state index contributed by atoms with van der Waals surface area (Å²) in [6.45, 7) is 3.56. The Morgan fingerprint density at radius 2 is 1.79 bits per heavy atom. The van der Waals surface area contributed by atoms with Crippen molar-refractivity contribution in [3.63, 3.8) is 0 Å². The summed E-state index contributed by atoms with van der Waals surface area (Å²) in [5.41, 5.74) is 5.24. The van der Waals surface area contributed by atoms with Crippen LogP contribution in [0.15, 0.2) is 0 Å². The predicted octanol–water partition coefficient (Wildman–Crippen LogP) is 2.25. The summed E-state index contributed by atoms with van der Waals surface area (Å²) < 4.78 is 0. The molecule has 0 unspecified atom stereocenters. The van der Waals surface area contributed by atoms with Crippen molar-refractivity contribution in [2.75, 3.05) is 25.4 Å². The maximum Gasteiger partial charge on any atom is 0.151 e. The first-order valence-electron chi connectivity index (χ1n) is 4.48. The van der Waals surface area contributed by atoms with E-state index in [1.54, 1.807) is 0 Å². The van der Waals surface area contributed by atoms with Gasteiger partial charge in [0.1, 0.15) is 0 Å². The molecule has 1 heterocycles. The Kier molecular flexibility index (Phi) is 12.6. The smallest absolute Gasteiger partial charge is 0.151 e. The molecule has 14 heavy (non-hydrogen) atoms. The normalized spacial score (nSPS) is 16.6. The molecule has 0 aromatic rings. The molecular formula is C8H19Br2N3S. The average molecular weight is 349 g/mol. The lowest BCUT2D eigenvalue weighted by molar-refractivity contribution is 0.242. The molecule has 3 nitrogen and oxygen atoms in total. The van der Waals surface area contributed by atoms with Gasteiger partial charge < -0.3 is 10.6 Å². The van der Waals surface area contributed by atoms with Crippen molar-refractivity contribution < 1.29 is 0 Å². The molecule has 0 spiro atoms. The van der Waals surface area contributed by atoms with Crippen molar-refractivity contribution in [3.8, 4) is 0 Å². The number of nitrogens with one attached hydrogen (secondary N) is 1. The zero-order chi connectivity index (χ0) is 8.81. The van der Waals surface area contributed by atoms with Crippen LogP contribution in [0.1, 0.15) is 19.3 Å². The van der Waals surface area contributed by atoms with Crippen molar-refractivity contribution in [2.24, 2.45) is 5.73 Å². The van der Waals surface area contributed by atoms with Gasteiger partial charge in [0.25, 0.3) is 0 Å². The maximum absolute atomic E-state index is 7.03. The van der Waals surface area contributed by atoms with E-state index in [9.17, 15) is 0 Å². The van der Waals surface area contributed by atoms with Crippen LogP contribution in [0.3, 0.4) is 0 Å². The number of rotatable bonds is 3. The number of hydrogen-bond acceptors (Lipinski definition) is 3. The summed E-state index contributed by atoms with van der Waals surface area (Å²) in [5.74, 6) is 0.968. The van der Waals surface area contributed by atoms with Gasteiger partial charge in [-0.05, 0) is 25.9 Å². The quantitative estimate of drug-likeness (QED) is 0.607. The number of hydrogen-bond donors (Lipinski definition) is 2. The zero-order valence-electron chi connectivity index (χ0n) is 8.20. The van der Waals surface area contributed by atoms with Gasteiger partial charge in [-0.2, -0.15) is 0 Å². The van der Waals surface area contributed by atoms with E-state index in [2.05, 4.69) is 4.90 Å². The molecule has 1 rings (SSSR count). The number of piperidine rings is 1. The molecular weight excluding hydrogens is 330 g/mol. The second-order valence-electron chi connectivity index (χ2n) is 3.12. The van der Waals surface area contributed by atoms with Crippen LogP contribution in [0.5, 0.6) is 0 Å². The van der Waals surface area contributed by atoms with E-state index >= 15 is 0 Å². The van der Waals surface area contributed by atoms with Crippen molar-refractivity contribution in [2.45, 2.75) is 19.3 Å². The van der Waals surface area contributed by atoms with Gasteiger partial charge in [-0.15, -0.1) is 34.0 Å². The summed E-state index contributed by atoms with van der Waals surface area (Å²) in [4.78, 5) is 2.46. The Balaban J connectivity index is 0. The van der Waals surface area contributed by atoms with Crippen LogP contribution in [0.25, 0.3) is 0 Å². The first-order valence-corrected chi connectivity index (χ1v) is 5.47.